The summed E-state index contributed by atoms with van der Waals surface area (Å²) in [7, 11) is 0. The lowest BCUT2D eigenvalue weighted by Gasteiger charge is -2.02. The molecule has 25 heavy (non-hydrogen) atoms. The number of nitrogens with zero attached hydrogens (tertiary/aromatic N) is 2. The highest BCUT2D eigenvalue weighted by Gasteiger charge is 2.11. The Morgan fingerprint density at radius 2 is 1.92 bits per heavy atom. The van der Waals surface area contributed by atoms with Crippen LogP contribution in [0.25, 0.3) is 0 Å². The molecule has 2 aromatic carbocycles. The van der Waals surface area contributed by atoms with E-state index < -0.39 is 5.82 Å². The molecule has 0 unspecified atom stereocenters. The molecule has 0 radical (unpaired) electrons. The van der Waals surface area contributed by atoms with E-state index in [1.54, 1.807) is 0 Å². The van der Waals surface area contributed by atoms with E-state index in [4.69, 9.17) is 16.0 Å². The molecule has 128 valence electrons. The van der Waals surface area contributed by atoms with Crippen molar-refractivity contribution in [2.24, 2.45) is 0 Å². The van der Waals surface area contributed by atoms with Crippen molar-refractivity contribution in [3.8, 4) is 0 Å². The van der Waals surface area contributed by atoms with E-state index in [2.05, 4.69) is 15.5 Å². The molecule has 1 N–H and O–H groups in total. The monoisotopic (exact) mass is 377 g/mol. The first-order chi connectivity index (χ1) is 12.1. The predicted molar refractivity (Wildman–Crippen MR) is 92.9 cm³/mol. The van der Waals surface area contributed by atoms with Crippen molar-refractivity contribution in [1.29, 1.82) is 0 Å². The molecule has 0 aliphatic rings. The fourth-order valence-electron chi connectivity index (χ4n) is 1.98. The summed E-state index contributed by atoms with van der Waals surface area (Å²) in [6, 6.07) is 12.8. The number of amides is 1. The van der Waals surface area contributed by atoms with Crippen molar-refractivity contribution in [2.45, 2.75) is 17.5 Å². The fourth-order valence-corrected chi connectivity index (χ4v) is 3.05. The number of carbonyl (C=O) groups excluding carboxylic acids is 1. The summed E-state index contributed by atoms with van der Waals surface area (Å²) in [5.74, 6) is 0.151. The van der Waals surface area contributed by atoms with Crippen molar-refractivity contribution in [2.75, 3.05) is 0 Å². The Hall–Kier alpha value is -2.38. The third kappa shape index (κ3) is 4.80. The third-order valence-corrected chi connectivity index (χ3v) is 4.50. The maximum Gasteiger partial charge on any atom is 0.276 e. The van der Waals surface area contributed by atoms with E-state index in [1.165, 1.54) is 36.0 Å². The number of benzene rings is 2. The van der Waals surface area contributed by atoms with Crippen molar-refractivity contribution < 1.29 is 13.6 Å². The number of nitrogens with one attached hydrogen (secondary N) is 1. The van der Waals surface area contributed by atoms with Gasteiger partial charge in [-0.25, -0.2) is 4.39 Å². The van der Waals surface area contributed by atoms with Crippen LogP contribution in [-0.2, 0) is 12.3 Å². The summed E-state index contributed by atoms with van der Waals surface area (Å²) in [5.41, 5.74) is 1.33. The Morgan fingerprint density at radius 3 is 2.68 bits per heavy atom. The lowest BCUT2D eigenvalue weighted by molar-refractivity contribution is 0.0946. The lowest BCUT2D eigenvalue weighted by atomic mass is 10.2. The maximum absolute atomic E-state index is 12.8. The summed E-state index contributed by atoms with van der Waals surface area (Å²) >= 11 is 7.46. The maximum atomic E-state index is 12.8. The highest BCUT2D eigenvalue weighted by atomic mass is 35.5. The van der Waals surface area contributed by atoms with E-state index in [9.17, 15) is 9.18 Å². The average Bonchev–Trinajstić information content (AvgIpc) is 3.07. The molecule has 3 rings (SSSR count). The smallest absolute Gasteiger partial charge is 0.276 e. The zero-order valence-electron chi connectivity index (χ0n) is 12.9. The highest BCUT2D eigenvalue weighted by Crippen LogP contribution is 2.25. The van der Waals surface area contributed by atoms with Gasteiger partial charge in [-0.1, -0.05) is 41.6 Å². The minimum Gasteiger partial charge on any atom is -0.414 e. The van der Waals surface area contributed by atoms with Crippen LogP contribution in [0.3, 0.4) is 0 Å². The Bertz CT molecular complexity index is 870. The summed E-state index contributed by atoms with van der Waals surface area (Å²) in [6.45, 7) is 0.0931. The van der Waals surface area contributed by atoms with Gasteiger partial charge in [0.2, 0.25) is 5.89 Å². The molecule has 5 nitrogen and oxygen atoms in total. The van der Waals surface area contributed by atoms with Gasteiger partial charge in [0.05, 0.1) is 6.54 Å². The number of thioether (sulfide) groups is 1. The number of hydrogen-bond acceptors (Lipinski definition) is 5. The van der Waals surface area contributed by atoms with Crippen LogP contribution in [-0.4, -0.2) is 16.1 Å². The van der Waals surface area contributed by atoms with Gasteiger partial charge in [0.15, 0.2) is 0 Å². The number of halogens is 2. The normalized spacial score (nSPS) is 10.6. The molecular formula is C17H13ClFN3O2S. The van der Waals surface area contributed by atoms with Gasteiger partial charge in [0.25, 0.3) is 11.1 Å². The van der Waals surface area contributed by atoms with Crippen LogP contribution < -0.4 is 5.32 Å². The first kappa shape index (κ1) is 17.4. The molecule has 0 spiro atoms. The van der Waals surface area contributed by atoms with Gasteiger partial charge >= 0.3 is 0 Å². The summed E-state index contributed by atoms with van der Waals surface area (Å²) in [6.07, 6.45) is 0. The standard InChI is InChI=1S/C17H13ClFN3O2S/c18-14-4-2-1-3-12(14)10-25-17-22-21-15(24-17)9-20-16(23)11-5-7-13(19)8-6-11/h1-8H,9-10H2,(H,20,23). The largest absolute Gasteiger partial charge is 0.414 e. The molecule has 0 aliphatic heterocycles. The lowest BCUT2D eigenvalue weighted by Crippen LogP contribution is -2.22. The Balaban J connectivity index is 1.52. The van der Waals surface area contributed by atoms with Crippen LogP contribution in [0.2, 0.25) is 5.02 Å². The van der Waals surface area contributed by atoms with Crippen LogP contribution >= 0.6 is 23.4 Å². The zero-order chi connectivity index (χ0) is 17.6. The van der Waals surface area contributed by atoms with Gasteiger partial charge in [0, 0.05) is 16.3 Å². The number of hydrogen-bond donors (Lipinski definition) is 1. The minimum absolute atomic E-state index is 0.0931. The fraction of sp³-hybridized carbons (Fsp3) is 0.118. The molecule has 0 aliphatic carbocycles. The summed E-state index contributed by atoms with van der Waals surface area (Å²) in [5, 5.41) is 11.5. The van der Waals surface area contributed by atoms with Crippen molar-refractivity contribution in [3.05, 3.63) is 76.4 Å². The Morgan fingerprint density at radius 1 is 1.16 bits per heavy atom. The first-order valence-electron chi connectivity index (χ1n) is 7.34. The molecular weight excluding hydrogens is 365 g/mol. The molecule has 0 fully saturated rings. The predicted octanol–water partition coefficient (Wildman–Crippen LogP) is 4.08. The van der Waals surface area contributed by atoms with Crippen LogP contribution in [0.5, 0.6) is 0 Å². The first-order valence-corrected chi connectivity index (χ1v) is 8.70. The van der Waals surface area contributed by atoms with Gasteiger partial charge in [-0.2, -0.15) is 0 Å². The van der Waals surface area contributed by atoms with E-state index in [-0.39, 0.29) is 18.3 Å². The topological polar surface area (TPSA) is 68.0 Å². The van der Waals surface area contributed by atoms with Crippen molar-refractivity contribution in [3.63, 3.8) is 0 Å². The molecule has 3 aromatic rings. The van der Waals surface area contributed by atoms with Gasteiger partial charge in [0.1, 0.15) is 5.82 Å². The average molecular weight is 378 g/mol. The van der Waals surface area contributed by atoms with E-state index in [0.717, 1.165) is 5.56 Å². The second-order valence-corrected chi connectivity index (χ2v) is 6.37. The molecule has 1 amide bonds. The number of rotatable bonds is 6. The van der Waals surface area contributed by atoms with Crippen molar-refractivity contribution >= 4 is 29.3 Å². The molecule has 0 saturated carbocycles. The Kier molecular flexibility index (Phi) is 5.67. The molecule has 1 heterocycles. The van der Waals surface area contributed by atoms with Crippen molar-refractivity contribution in [1.82, 2.24) is 15.5 Å². The molecule has 0 saturated heterocycles. The van der Waals surface area contributed by atoms with Gasteiger partial charge < -0.3 is 9.73 Å². The second kappa shape index (κ2) is 8.13. The molecule has 8 heteroatoms. The van der Waals surface area contributed by atoms with E-state index in [0.29, 0.717) is 21.6 Å². The quantitative estimate of drug-likeness (QED) is 0.655. The van der Waals surface area contributed by atoms with Gasteiger partial charge in [-0.05, 0) is 35.9 Å². The van der Waals surface area contributed by atoms with Crippen LogP contribution in [0.1, 0.15) is 21.8 Å². The third-order valence-electron chi connectivity index (χ3n) is 3.26. The molecule has 0 atom stereocenters. The highest BCUT2D eigenvalue weighted by molar-refractivity contribution is 7.98. The number of aromatic nitrogens is 2. The van der Waals surface area contributed by atoms with E-state index >= 15 is 0 Å². The van der Waals surface area contributed by atoms with Crippen LogP contribution in [0.4, 0.5) is 4.39 Å². The van der Waals surface area contributed by atoms with Gasteiger partial charge in [-0.3, -0.25) is 4.79 Å². The summed E-state index contributed by atoms with van der Waals surface area (Å²) < 4.78 is 18.3. The van der Waals surface area contributed by atoms with Gasteiger partial charge in [-0.15, -0.1) is 10.2 Å². The molecule has 0 bridgehead atoms. The van der Waals surface area contributed by atoms with Crippen LogP contribution in [0.15, 0.2) is 58.2 Å². The minimum atomic E-state index is -0.395. The summed E-state index contributed by atoms with van der Waals surface area (Å²) in [4.78, 5) is 11.9. The SMILES string of the molecule is O=C(NCc1nnc(SCc2ccccc2Cl)o1)c1ccc(F)cc1. The van der Waals surface area contributed by atoms with Crippen LogP contribution in [0, 0.1) is 5.82 Å². The molecule has 1 aromatic heterocycles. The number of carbonyl (C=O) groups is 1. The second-order valence-electron chi connectivity index (χ2n) is 5.03. The van der Waals surface area contributed by atoms with E-state index in [1.807, 2.05) is 24.3 Å². The zero-order valence-corrected chi connectivity index (χ0v) is 14.5. The Labute approximate surface area is 152 Å².